The smallest absolute Gasteiger partial charge is 0.340 e. The van der Waals surface area contributed by atoms with Crippen LogP contribution in [0.4, 0.5) is 0 Å². The molecule has 0 N–H and O–H groups in total. The fraction of sp³-hybridized carbons (Fsp3) is 0.222. The molecule has 9 nitrogen and oxygen atoms in total. The minimum atomic E-state index is -4.00. The van der Waals surface area contributed by atoms with E-state index < -0.39 is 16.0 Å². The van der Waals surface area contributed by atoms with E-state index >= 15 is 0 Å². The number of furan rings is 1. The lowest BCUT2D eigenvalue weighted by molar-refractivity contribution is -0.136. The van der Waals surface area contributed by atoms with E-state index in [4.69, 9.17) is 37.1 Å². The number of aryl methyl sites for hydroxylation is 1. The Hall–Kier alpha value is -4.35. The summed E-state index contributed by atoms with van der Waals surface area (Å²) in [6.07, 6.45) is 2.02. The summed E-state index contributed by atoms with van der Waals surface area (Å²) in [5, 5.41) is 0.752. The molecule has 0 aliphatic carbocycles. The molecule has 48 heavy (non-hydrogen) atoms. The van der Waals surface area contributed by atoms with E-state index in [0.29, 0.717) is 40.0 Å². The van der Waals surface area contributed by atoms with E-state index in [0.717, 1.165) is 16.9 Å². The molecular formula is C36H34Cl2N2O7S. The predicted octanol–water partition coefficient (Wildman–Crippen LogP) is 7.21. The highest BCUT2D eigenvalue weighted by atomic mass is 35.5. The third-order valence-electron chi connectivity index (χ3n) is 8.01. The van der Waals surface area contributed by atoms with Crippen LogP contribution in [0.1, 0.15) is 35.1 Å². The lowest BCUT2D eigenvalue weighted by Crippen LogP contribution is -2.30. The second-order valence-electron chi connectivity index (χ2n) is 11.2. The van der Waals surface area contributed by atoms with Gasteiger partial charge in [0.1, 0.15) is 17.3 Å². The van der Waals surface area contributed by atoms with Crippen molar-refractivity contribution in [3.63, 3.8) is 0 Å². The first kappa shape index (κ1) is 35.0. The number of amides is 1. The number of hydrogen-bond donors (Lipinski definition) is 0. The molecule has 1 aromatic heterocycles. The molecular weight excluding hydrogens is 675 g/mol. The summed E-state index contributed by atoms with van der Waals surface area (Å²) in [5.41, 5.74) is 3.19. The molecule has 250 valence electrons. The first-order valence-electron chi connectivity index (χ1n) is 15.0. The number of nitrogens with zero attached hydrogens (tertiary/aromatic N) is 2. The number of rotatable bonds is 12. The first-order chi connectivity index (χ1) is 22.9. The Morgan fingerprint density at radius 2 is 1.65 bits per heavy atom. The Balaban J connectivity index is 1.42. The van der Waals surface area contributed by atoms with Crippen LogP contribution in [0.5, 0.6) is 5.75 Å². The van der Waals surface area contributed by atoms with E-state index in [9.17, 15) is 18.0 Å². The van der Waals surface area contributed by atoms with Gasteiger partial charge in [0.05, 0.1) is 36.8 Å². The molecule has 5 rings (SSSR count). The lowest BCUT2D eigenvalue weighted by Gasteiger charge is -2.22. The van der Waals surface area contributed by atoms with Crippen LogP contribution in [0.15, 0.2) is 105 Å². The molecule has 1 amide bonds. The molecule has 0 bridgehead atoms. The van der Waals surface area contributed by atoms with Gasteiger partial charge >= 0.3 is 5.97 Å². The number of carbonyl (C=O) groups excluding carboxylic acids is 2. The minimum absolute atomic E-state index is 0.0562. The Kier molecular flexibility index (Phi) is 10.8. The van der Waals surface area contributed by atoms with Gasteiger partial charge in [-0.3, -0.25) is 4.79 Å². The summed E-state index contributed by atoms with van der Waals surface area (Å²) < 4.78 is 45.3. The van der Waals surface area contributed by atoms with Gasteiger partial charge in [-0.25, -0.2) is 13.2 Å². The summed E-state index contributed by atoms with van der Waals surface area (Å²) >= 11 is 12.5. The van der Waals surface area contributed by atoms with Gasteiger partial charge in [-0.15, -0.1) is 0 Å². The highest BCUT2D eigenvalue weighted by Gasteiger charge is 2.37. The van der Waals surface area contributed by atoms with Crippen molar-refractivity contribution < 1.29 is 31.9 Å². The van der Waals surface area contributed by atoms with Crippen LogP contribution in [-0.4, -0.2) is 50.3 Å². The van der Waals surface area contributed by atoms with Crippen molar-refractivity contribution in [2.75, 3.05) is 20.8 Å². The molecule has 0 unspecified atom stereocenters. The van der Waals surface area contributed by atoms with Crippen LogP contribution in [0.2, 0.25) is 10.0 Å². The average Bonchev–Trinajstić information content (AvgIpc) is 3.61. The number of allylic oxidation sites excluding steroid dienone is 1. The van der Waals surface area contributed by atoms with Crippen molar-refractivity contribution in [2.24, 2.45) is 0 Å². The van der Waals surface area contributed by atoms with Crippen LogP contribution in [0.3, 0.4) is 0 Å². The standard InChI is InChI=1S/C36H34Cl2N2O7S/c1-23-5-15-31(16-6-23)48(43,44)39(21-26-9-10-27(37)19-33(26)38)22-30-14-13-29(47-30)20-32-34(36(42)46-4)24(2)40(35(32)41)18-17-25-7-11-28(45-3)12-8-25/h5-16,19-20H,17-18,21-22H2,1-4H3/b32-20+. The molecule has 2 heterocycles. The number of esters is 1. The topological polar surface area (TPSA) is 106 Å². The third-order valence-corrected chi connectivity index (χ3v) is 10.4. The van der Waals surface area contributed by atoms with Gasteiger partial charge in [0, 0.05) is 28.8 Å². The van der Waals surface area contributed by atoms with Crippen LogP contribution >= 0.6 is 23.2 Å². The molecule has 0 spiro atoms. The minimum Gasteiger partial charge on any atom is -0.497 e. The monoisotopic (exact) mass is 708 g/mol. The maximum Gasteiger partial charge on any atom is 0.340 e. The summed E-state index contributed by atoms with van der Waals surface area (Å²) in [6, 6.07) is 22.2. The van der Waals surface area contributed by atoms with Gasteiger partial charge in [0.2, 0.25) is 10.0 Å². The average molecular weight is 710 g/mol. The SMILES string of the molecule is COC(=O)C1=C(C)N(CCc2ccc(OC)cc2)C(=O)/C1=C/c1ccc(CN(Cc2ccc(Cl)cc2Cl)S(=O)(=O)c2ccc(C)cc2)o1. The summed E-state index contributed by atoms with van der Waals surface area (Å²) in [6.45, 7) is 3.70. The van der Waals surface area contributed by atoms with Crippen LogP contribution in [0, 0.1) is 6.92 Å². The second kappa shape index (κ2) is 14.8. The highest BCUT2D eigenvalue weighted by molar-refractivity contribution is 7.89. The number of hydrogen-bond acceptors (Lipinski definition) is 7. The quantitative estimate of drug-likeness (QED) is 0.113. The molecule has 0 saturated carbocycles. The van der Waals surface area contributed by atoms with Crippen LogP contribution < -0.4 is 4.74 Å². The zero-order chi connectivity index (χ0) is 34.6. The Labute approximate surface area is 290 Å². The zero-order valence-corrected chi connectivity index (χ0v) is 29.2. The molecule has 0 saturated heterocycles. The summed E-state index contributed by atoms with van der Waals surface area (Å²) in [4.78, 5) is 28.2. The van der Waals surface area contributed by atoms with Crippen molar-refractivity contribution in [1.82, 2.24) is 9.21 Å². The highest BCUT2D eigenvalue weighted by Crippen LogP contribution is 2.33. The molecule has 12 heteroatoms. The molecule has 0 radical (unpaired) electrons. The fourth-order valence-corrected chi connectivity index (χ4v) is 7.18. The van der Waals surface area contributed by atoms with Gasteiger partial charge in [0.15, 0.2) is 0 Å². The molecule has 0 fully saturated rings. The van der Waals surface area contributed by atoms with Gasteiger partial charge in [-0.2, -0.15) is 4.31 Å². The predicted molar refractivity (Wildman–Crippen MR) is 184 cm³/mol. The van der Waals surface area contributed by atoms with E-state index in [1.165, 1.54) is 22.4 Å². The normalized spacial score (nSPS) is 14.4. The van der Waals surface area contributed by atoms with E-state index in [1.807, 2.05) is 31.2 Å². The molecule has 4 aromatic rings. The Bertz CT molecular complexity index is 2000. The maximum atomic E-state index is 13.9. The van der Waals surface area contributed by atoms with Crippen LogP contribution in [0.25, 0.3) is 6.08 Å². The molecule has 0 atom stereocenters. The fourth-order valence-electron chi connectivity index (χ4n) is 5.33. The third kappa shape index (κ3) is 7.68. The number of halogens is 2. The largest absolute Gasteiger partial charge is 0.497 e. The lowest BCUT2D eigenvalue weighted by atomic mass is 10.1. The number of ether oxygens (including phenoxy) is 2. The number of sulfonamides is 1. The van der Waals surface area contributed by atoms with E-state index in [1.54, 1.807) is 68.6 Å². The van der Waals surface area contributed by atoms with E-state index in [2.05, 4.69) is 0 Å². The van der Waals surface area contributed by atoms with Crippen molar-refractivity contribution in [3.05, 3.63) is 134 Å². The molecule has 1 aliphatic rings. The van der Waals surface area contributed by atoms with Crippen molar-refractivity contribution >= 4 is 51.2 Å². The van der Waals surface area contributed by atoms with Gasteiger partial charge in [-0.1, -0.05) is 59.1 Å². The Morgan fingerprint density at radius 3 is 2.29 bits per heavy atom. The Morgan fingerprint density at radius 1 is 0.938 bits per heavy atom. The first-order valence-corrected chi connectivity index (χ1v) is 17.2. The summed E-state index contributed by atoms with van der Waals surface area (Å²) in [7, 11) is -1.15. The van der Waals surface area contributed by atoms with E-state index in [-0.39, 0.29) is 40.8 Å². The second-order valence-corrected chi connectivity index (χ2v) is 14.0. The van der Waals surface area contributed by atoms with Gasteiger partial charge < -0.3 is 18.8 Å². The van der Waals surface area contributed by atoms with Gasteiger partial charge in [-0.05, 0) is 86.0 Å². The number of benzene rings is 3. The van der Waals surface area contributed by atoms with Crippen molar-refractivity contribution in [2.45, 2.75) is 38.3 Å². The number of carbonyl (C=O) groups is 2. The number of methoxy groups -OCH3 is 2. The van der Waals surface area contributed by atoms with Crippen molar-refractivity contribution in [1.29, 1.82) is 0 Å². The van der Waals surface area contributed by atoms with Crippen molar-refractivity contribution in [3.8, 4) is 5.75 Å². The zero-order valence-electron chi connectivity index (χ0n) is 26.8. The van der Waals surface area contributed by atoms with Gasteiger partial charge in [0.25, 0.3) is 5.91 Å². The molecule has 3 aromatic carbocycles. The maximum absolute atomic E-state index is 13.9. The molecule has 1 aliphatic heterocycles. The van der Waals surface area contributed by atoms with Crippen LogP contribution in [-0.2, 0) is 43.9 Å². The summed E-state index contributed by atoms with van der Waals surface area (Å²) in [5.74, 6) is 0.274.